The van der Waals surface area contributed by atoms with Crippen molar-refractivity contribution < 1.29 is 13.2 Å². The van der Waals surface area contributed by atoms with Gasteiger partial charge < -0.3 is 0 Å². The fourth-order valence-corrected chi connectivity index (χ4v) is 1.92. The molecule has 0 N–H and O–H groups in total. The minimum Gasteiger partial charge on any atom is -0.268 e. The maximum absolute atomic E-state index is 12.6. The number of aromatic nitrogens is 2. The number of hydrogen-bond acceptors (Lipinski definition) is 2. The maximum atomic E-state index is 12.6. The van der Waals surface area contributed by atoms with Gasteiger partial charge in [0.25, 0.3) is 5.56 Å². The molecule has 0 aliphatic rings. The van der Waals surface area contributed by atoms with Crippen molar-refractivity contribution in [2.75, 3.05) is 0 Å². The second-order valence-electron chi connectivity index (χ2n) is 4.08. The van der Waals surface area contributed by atoms with Crippen molar-refractivity contribution in [2.24, 2.45) is 0 Å². The van der Waals surface area contributed by atoms with Crippen LogP contribution in [-0.2, 0) is 6.18 Å². The van der Waals surface area contributed by atoms with Gasteiger partial charge in [0.2, 0.25) is 0 Å². The molecular weight excluding hydrogens is 257 g/mol. The third-order valence-electron chi connectivity index (χ3n) is 2.84. The first kappa shape index (κ1) is 11.7. The molecule has 0 fully saturated rings. The molecule has 19 heavy (non-hydrogen) atoms. The molecule has 96 valence electrons. The molecule has 3 nitrogen and oxygen atoms in total. The van der Waals surface area contributed by atoms with Crippen LogP contribution in [-0.4, -0.2) is 9.38 Å². The number of hydrogen-bond donors (Lipinski definition) is 0. The van der Waals surface area contributed by atoms with Gasteiger partial charge >= 0.3 is 6.18 Å². The van der Waals surface area contributed by atoms with Gasteiger partial charge in [-0.05, 0) is 24.3 Å². The molecule has 0 unspecified atom stereocenters. The van der Waals surface area contributed by atoms with Crippen molar-refractivity contribution in [3.63, 3.8) is 0 Å². The van der Waals surface area contributed by atoms with Gasteiger partial charge in [0, 0.05) is 6.20 Å². The van der Waals surface area contributed by atoms with E-state index in [2.05, 4.69) is 4.98 Å². The number of para-hydroxylation sites is 1. The van der Waals surface area contributed by atoms with E-state index in [1.165, 1.54) is 12.1 Å². The van der Waals surface area contributed by atoms with E-state index in [1.807, 2.05) is 0 Å². The Labute approximate surface area is 104 Å². The molecule has 3 aromatic rings. The summed E-state index contributed by atoms with van der Waals surface area (Å²) in [6.07, 6.45) is -3.71. The van der Waals surface area contributed by atoms with E-state index in [0.29, 0.717) is 10.9 Å². The Balaban J connectivity index is 2.43. The van der Waals surface area contributed by atoms with Gasteiger partial charge in [-0.3, -0.25) is 9.20 Å². The predicted molar refractivity (Wildman–Crippen MR) is 64.0 cm³/mol. The molecule has 0 saturated heterocycles. The summed E-state index contributed by atoms with van der Waals surface area (Å²) in [5.74, 6) is 0. The van der Waals surface area contributed by atoms with Crippen molar-refractivity contribution in [1.82, 2.24) is 9.38 Å². The zero-order chi connectivity index (χ0) is 13.6. The highest BCUT2D eigenvalue weighted by Crippen LogP contribution is 2.28. The third-order valence-corrected chi connectivity index (χ3v) is 2.84. The SMILES string of the molecule is O=c1c2ccccc2nc2ccc(C(F)(F)F)cn12. The minimum absolute atomic E-state index is 0.191. The standard InChI is InChI=1S/C13H7F3N2O/c14-13(15,16)8-5-6-11-17-10-4-2-1-3-9(10)12(19)18(11)7-8/h1-7H. The van der Waals surface area contributed by atoms with Crippen LogP contribution in [0.5, 0.6) is 0 Å². The predicted octanol–water partition coefficient (Wildman–Crippen LogP) is 2.87. The Morgan fingerprint density at radius 2 is 1.79 bits per heavy atom. The molecule has 0 spiro atoms. The van der Waals surface area contributed by atoms with Crippen molar-refractivity contribution >= 4 is 16.6 Å². The molecule has 0 aliphatic carbocycles. The first-order valence-electron chi connectivity index (χ1n) is 5.45. The Morgan fingerprint density at radius 1 is 1.05 bits per heavy atom. The molecular formula is C13H7F3N2O. The van der Waals surface area contributed by atoms with Gasteiger partial charge in [-0.15, -0.1) is 0 Å². The number of benzene rings is 1. The Bertz CT molecular complexity index is 837. The van der Waals surface area contributed by atoms with Crippen LogP contribution in [0.4, 0.5) is 13.2 Å². The van der Waals surface area contributed by atoms with Crippen LogP contribution >= 0.6 is 0 Å². The molecule has 1 aromatic carbocycles. The molecule has 2 aromatic heterocycles. The van der Waals surface area contributed by atoms with E-state index >= 15 is 0 Å². The Hall–Kier alpha value is -2.37. The lowest BCUT2D eigenvalue weighted by Gasteiger charge is -2.08. The first-order valence-corrected chi connectivity index (χ1v) is 5.45. The quantitative estimate of drug-likeness (QED) is 0.585. The molecule has 6 heteroatoms. The second-order valence-corrected chi connectivity index (χ2v) is 4.08. The number of fused-ring (bicyclic) bond motifs is 2. The summed E-state index contributed by atoms with van der Waals surface area (Å²) in [5.41, 5.74) is -0.727. The largest absolute Gasteiger partial charge is 0.417 e. The van der Waals surface area contributed by atoms with Gasteiger partial charge in [0.1, 0.15) is 5.65 Å². The summed E-state index contributed by atoms with van der Waals surface area (Å²) >= 11 is 0. The van der Waals surface area contributed by atoms with Crippen LogP contribution in [0.2, 0.25) is 0 Å². The molecule has 0 aliphatic heterocycles. The average molecular weight is 264 g/mol. The number of alkyl halides is 3. The number of rotatable bonds is 0. The van der Waals surface area contributed by atoms with Crippen LogP contribution < -0.4 is 5.56 Å². The van der Waals surface area contributed by atoms with Crippen LogP contribution in [0.3, 0.4) is 0 Å². The van der Waals surface area contributed by atoms with Gasteiger partial charge in [-0.2, -0.15) is 13.2 Å². The topological polar surface area (TPSA) is 34.4 Å². The van der Waals surface area contributed by atoms with Gasteiger partial charge in [0.15, 0.2) is 0 Å². The zero-order valence-electron chi connectivity index (χ0n) is 9.48. The molecule has 2 heterocycles. The van der Waals surface area contributed by atoms with Crippen molar-refractivity contribution in [1.29, 1.82) is 0 Å². The van der Waals surface area contributed by atoms with Crippen LogP contribution in [0, 0.1) is 0 Å². The van der Waals surface area contributed by atoms with E-state index in [1.54, 1.807) is 18.2 Å². The van der Waals surface area contributed by atoms with Crippen LogP contribution in [0.15, 0.2) is 47.4 Å². The summed E-state index contributed by atoms with van der Waals surface area (Å²) < 4.78 is 38.8. The maximum Gasteiger partial charge on any atom is 0.417 e. The highest BCUT2D eigenvalue weighted by atomic mass is 19.4. The molecule has 0 amide bonds. The van der Waals surface area contributed by atoms with E-state index in [9.17, 15) is 18.0 Å². The Morgan fingerprint density at radius 3 is 2.53 bits per heavy atom. The molecule has 0 radical (unpaired) electrons. The number of halogens is 3. The summed E-state index contributed by atoms with van der Waals surface area (Å²) in [6, 6.07) is 8.65. The van der Waals surface area contributed by atoms with Crippen molar-refractivity contribution in [3.05, 3.63) is 58.5 Å². The van der Waals surface area contributed by atoms with Crippen LogP contribution in [0.1, 0.15) is 5.56 Å². The first-order chi connectivity index (χ1) is 8.97. The van der Waals surface area contributed by atoms with E-state index in [4.69, 9.17) is 0 Å². The minimum atomic E-state index is -4.49. The second kappa shape index (κ2) is 3.81. The molecule has 0 bridgehead atoms. The molecule has 3 rings (SSSR count). The fourth-order valence-electron chi connectivity index (χ4n) is 1.92. The van der Waals surface area contributed by atoms with Crippen molar-refractivity contribution in [3.8, 4) is 0 Å². The van der Waals surface area contributed by atoms with Crippen LogP contribution in [0.25, 0.3) is 16.6 Å². The van der Waals surface area contributed by atoms with Gasteiger partial charge in [-0.25, -0.2) is 4.98 Å². The summed E-state index contributed by atoms with van der Waals surface area (Å²) in [5, 5.41) is 0.291. The van der Waals surface area contributed by atoms with E-state index in [0.717, 1.165) is 16.7 Å². The summed E-state index contributed by atoms with van der Waals surface area (Å²) in [6.45, 7) is 0. The highest BCUT2D eigenvalue weighted by Gasteiger charge is 2.31. The smallest absolute Gasteiger partial charge is 0.268 e. The summed E-state index contributed by atoms with van der Waals surface area (Å²) in [7, 11) is 0. The summed E-state index contributed by atoms with van der Waals surface area (Å²) in [4.78, 5) is 16.3. The number of nitrogens with zero attached hydrogens (tertiary/aromatic N) is 2. The normalized spacial score (nSPS) is 12.2. The fraction of sp³-hybridized carbons (Fsp3) is 0.0769. The van der Waals surface area contributed by atoms with Gasteiger partial charge in [0.05, 0.1) is 16.5 Å². The zero-order valence-corrected chi connectivity index (χ0v) is 9.48. The average Bonchev–Trinajstić information content (AvgIpc) is 2.37. The Kier molecular flexibility index (Phi) is 2.35. The third kappa shape index (κ3) is 1.85. The van der Waals surface area contributed by atoms with E-state index in [-0.39, 0.29) is 5.65 Å². The molecule has 0 atom stereocenters. The lowest BCUT2D eigenvalue weighted by atomic mass is 10.2. The monoisotopic (exact) mass is 264 g/mol. The molecule has 0 saturated carbocycles. The van der Waals surface area contributed by atoms with E-state index < -0.39 is 17.3 Å². The lowest BCUT2D eigenvalue weighted by Crippen LogP contribution is -2.17. The van der Waals surface area contributed by atoms with Gasteiger partial charge in [-0.1, -0.05) is 12.1 Å². The van der Waals surface area contributed by atoms with Crippen molar-refractivity contribution in [2.45, 2.75) is 6.18 Å². The number of pyridine rings is 1. The lowest BCUT2D eigenvalue weighted by molar-refractivity contribution is -0.137. The highest BCUT2D eigenvalue weighted by molar-refractivity contribution is 5.79.